The van der Waals surface area contributed by atoms with Crippen LogP contribution < -0.4 is 10.0 Å². The third kappa shape index (κ3) is 5.68. The molecular weight excluding hydrogens is 344 g/mol. The van der Waals surface area contributed by atoms with Gasteiger partial charge < -0.3 is 10.1 Å². The Morgan fingerprint density at radius 3 is 2.16 bits per heavy atom. The van der Waals surface area contributed by atoms with Crippen LogP contribution >= 0.6 is 0 Å². The minimum atomic E-state index is -4.03. The van der Waals surface area contributed by atoms with Crippen molar-refractivity contribution in [3.63, 3.8) is 0 Å². The summed E-state index contributed by atoms with van der Waals surface area (Å²) in [4.78, 5) is 23.4. The van der Waals surface area contributed by atoms with Crippen molar-refractivity contribution in [2.75, 3.05) is 14.2 Å². The highest BCUT2D eigenvalue weighted by molar-refractivity contribution is 7.90. The third-order valence-electron chi connectivity index (χ3n) is 3.65. The molecule has 0 saturated carbocycles. The molecule has 0 saturated heterocycles. The molecule has 138 valence electrons. The molecule has 25 heavy (non-hydrogen) atoms. The van der Waals surface area contributed by atoms with Crippen LogP contribution in [0.2, 0.25) is 0 Å². The van der Waals surface area contributed by atoms with Crippen LogP contribution in [0.3, 0.4) is 0 Å². The van der Waals surface area contributed by atoms with Gasteiger partial charge in [0.2, 0.25) is 0 Å². The van der Waals surface area contributed by atoms with E-state index in [9.17, 15) is 18.0 Å². The number of esters is 1. The topological polar surface area (TPSA) is 102 Å². The number of ether oxygens (including phenoxy) is 1. The molecule has 8 heteroatoms. The van der Waals surface area contributed by atoms with E-state index >= 15 is 0 Å². The molecule has 0 unspecified atom stereocenters. The van der Waals surface area contributed by atoms with Gasteiger partial charge in [0, 0.05) is 11.6 Å². The van der Waals surface area contributed by atoms with Crippen LogP contribution in [0.15, 0.2) is 40.8 Å². The Bertz CT molecular complexity index is 752. The van der Waals surface area contributed by atoms with Gasteiger partial charge >= 0.3 is 5.97 Å². The molecule has 0 aliphatic heterocycles. The summed E-state index contributed by atoms with van der Waals surface area (Å²) in [6, 6.07) is 5.08. The smallest absolute Gasteiger partial charge is 0.337 e. The number of hydrogen-bond acceptors (Lipinski definition) is 6. The van der Waals surface area contributed by atoms with Gasteiger partial charge in [-0.25, -0.2) is 17.9 Å². The Labute approximate surface area is 148 Å². The average Bonchev–Trinajstić information content (AvgIpc) is 2.58. The van der Waals surface area contributed by atoms with Crippen LogP contribution in [0.25, 0.3) is 0 Å². The Hall–Kier alpha value is -2.19. The molecule has 0 bridgehead atoms. The number of carbonyl (C=O) groups excluding carboxylic acids is 2. The second kappa shape index (κ2) is 8.77. The molecule has 1 amide bonds. The highest BCUT2D eigenvalue weighted by Gasteiger charge is 2.20. The van der Waals surface area contributed by atoms with E-state index in [1.54, 1.807) is 20.0 Å². The fraction of sp³-hybridized carbons (Fsp3) is 0.412. The SMILES string of the molecule is CN[C@H](/C=C(\C)C(=O)NS(=O)(=O)c1ccc(C(=O)OC)cc1)C(C)C. The molecule has 0 aliphatic carbocycles. The lowest BCUT2D eigenvalue weighted by molar-refractivity contribution is -0.115. The van der Waals surface area contributed by atoms with E-state index in [0.29, 0.717) is 5.57 Å². The van der Waals surface area contributed by atoms with Crippen LogP contribution in [0.4, 0.5) is 0 Å². The van der Waals surface area contributed by atoms with Crippen LogP contribution in [0, 0.1) is 5.92 Å². The Morgan fingerprint density at radius 1 is 1.16 bits per heavy atom. The highest BCUT2D eigenvalue weighted by atomic mass is 32.2. The highest BCUT2D eigenvalue weighted by Crippen LogP contribution is 2.12. The summed E-state index contributed by atoms with van der Waals surface area (Å²) in [5, 5.41) is 3.05. The summed E-state index contributed by atoms with van der Waals surface area (Å²) in [6.07, 6.45) is 1.69. The van der Waals surface area contributed by atoms with Crippen molar-refractivity contribution in [2.24, 2.45) is 5.92 Å². The lowest BCUT2D eigenvalue weighted by Crippen LogP contribution is -2.33. The predicted molar refractivity (Wildman–Crippen MR) is 94.6 cm³/mol. The first kappa shape index (κ1) is 20.9. The second-order valence-corrected chi connectivity index (χ2v) is 7.54. The van der Waals surface area contributed by atoms with E-state index in [4.69, 9.17) is 0 Å². The van der Waals surface area contributed by atoms with Crippen molar-refractivity contribution in [2.45, 2.75) is 31.7 Å². The number of benzene rings is 1. The van der Waals surface area contributed by atoms with Crippen molar-refractivity contribution in [3.8, 4) is 0 Å². The normalized spacial score (nSPS) is 13.4. The monoisotopic (exact) mass is 368 g/mol. The number of hydrogen-bond donors (Lipinski definition) is 2. The maximum absolute atomic E-state index is 12.3. The number of carbonyl (C=O) groups is 2. The quantitative estimate of drug-likeness (QED) is 0.558. The lowest BCUT2D eigenvalue weighted by atomic mass is 10.0. The number of sulfonamides is 1. The maximum atomic E-state index is 12.3. The Morgan fingerprint density at radius 2 is 1.72 bits per heavy atom. The van der Waals surface area contributed by atoms with Crippen molar-refractivity contribution < 1.29 is 22.7 Å². The van der Waals surface area contributed by atoms with Crippen molar-refractivity contribution >= 4 is 21.9 Å². The summed E-state index contributed by atoms with van der Waals surface area (Å²) < 4.78 is 31.2. The summed E-state index contributed by atoms with van der Waals surface area (Å²) in [7, 11) is -1.03. The summed E-state index contributed by atoms with van der Waals surface area (Å²) >= 11 is 0. The maximum Gasteiger partial charge on any atom is 0.337 e. The van der Waals surface area contributed by atoms with E-state index in [1.807, 2.05) is 18.6 Å². The molecule has 0 fully saturated rings. The van der Waals surface area contributed by atoms with Crippen molar-refractivity contribution in [1.82, 2.24) is 10.0 Å². The van der Waals surface area contributed by atoms with E-state index in [-0.39, 0.29) is 22.4 Å². The fourth-order valence-electron chi connectivity index (χ4n) is 2.10. The molecular formula is C17H24N2O5S. The standard InChI is InChI=1S/C17H24N2O5S/c1-11(2)15(18-4)10-12(3)16(20)19-25(22,23)14-8-6-13(7-9-14)17(21)24-5/h6-11,15,18H,1-5H3,(H,19,20)/b12-10+/t15-/m1/s1. The lowest BCUT2D eigenvalue weighted by Gasteiger charge is -2.17. The first-order valence-corrected chi connectivity index (χ1v) is 9.22. The average molecular weight is 368 g/mol. The predicted octanol–water partition coefficient (Wildman–Crippen LogP) is 1.47. The Kier molecular flexibility index (Phi) is 7.32. The Balaban J connectivity index is 2.95. The molecule has 0 heterocycles. The number of rotatable bonds is 7. The van der Waals surface area contributed by atoms with E-state index < -0.39 is 21.9 Å². The number of likely N-dealkylation sites (N-methyl/N-ethyl adjacent to an activating group) is 1. The molecule has 1 atom stereocenters. The van der Waals surface area contributed by atoms with E-state index in [2.05, 4.69) is 10.1 Å². The largest absolute Gasteiger partial charge is 0.465 e. The second-order valence-electron chi connectivity index (χ2n) is 5.86. The minimum absolute atomic E-state index is 0.0483. The van der Waals surface area contributed by atoms with Crippen LogP contribution in [-0.4, -0.2) is 40.5 Å². The molecule has 0 spiro atoms. The van der Waals surface area contributed by atoms with E-state index in [0.717, 1.165) is 0 Å². The molecule has 0 aliphatic rings. The first-order valence-electron chi connectivity index (χ1n) is 7.73. The molecule has 2 N–H and O–H groups in total. The number of methoxy groups -OCH3 is 1. The van der Waals surface area contributed by atoms with Gasteiger partial charge in [0.15, 0.2) is 0 Å². The zero-order valence-corrected chi connectivity index (χ0v) is 15.8. The van der Waals surface area contributed by atoms with Gasteiger partial charge in [-0.3, -0.25) is 4.79 Å². The third-order valence-corrected chi connectivity index (χ3v) is 5.00. The van der Waals surface area contributed by atoms with Gasteiger partial charge in [0.1, 0.15) is 0 Å². The zero-order chi connectivity index (χ0) is 19.2. The molecule has 7 nitrogen and oxygen atoms in total. The van der Waals surface area contributed by atoms with Gasteiger partial charge in [-0.2, -0.15) is 0 Å². The van der Waals surface area contributed by atoms with Crippen LogP contribution in [0.1, 0.15) is 31.1 Å². The van der Waals surface area contributed by atoms with Gasteiger partial charge in [0.05, 0.1) is 17.6 Å². The minimum Gasteiger partial charge on any atom is -0.465 e. The van der Waals surface area contributed by atoms with Crippen molar-refractivity contribution in [1.29, 1.82) is 0 Å². The molecule has 1 aromatic rings. The van der Waals surface area contributed by atoms with Crippen molar-refractivity contribution in [3.05, 3.63) is 41.5 Å². The zero-order valence-electron chi connectivity index (χ0n) is 15.0. The first-order chi connectivity index (χ1) is 11.6. The number of nitrogens with one attached hydrogen (secondary N) is 2. The molecule has 0 aromatic heterocycles. The fourth-order valence-corrected chi connectivity index (χ4v) is 3.12. The molecule has 1 rings (SSSR count). The van der Waals surface area contributed by atoms with Gasteiger partial charge in [0.25, 0.3) is 15.9 Å². The number of amides is 1. The molecule has 1 aromatic carbocycles. The molecule has 0 radical (unpaired) electrons. The van der Waals surface area contributed by atoms with Crippen LogP contribution in [0.5, 0.6) is 0 Å². The summed E-state index contributed by atoms with van der Waals surface area (Å²) in [6.45, 7) is 5.53. The van der Waals surface area contributed by atoms with Gasteiger partial charge in [-0.15, -0.1) is 0 Å². The van der Waals surface area contributed by atoms with Gasteiger partial charge in [-0.1, -0.05) is 19.9 Å². The summed E-state index contributed by atoms with van der Waals surface area (Å²) in [5.41, 5.74) is 0.514. The summed E-state index contributed by atoms with van der Waals surface area (Å²) in [5.74, 6) is -1.02. The van der Waals surface area contributed by atoms with Gasteiger partial charge in [-0.05, 0) is 44.2 Å². The van der Waals surface area contributed by atoms with E-state index in [1.165, 1.54) is 31.4 Å². The van der Waals surface area contributed by atoms with Crippen LogP contribution in [-0.2, 0) is 19.6 Å².